The van der Waals surface area contributed by atoms with Crippen LogP contribution >= 0.6 is 0 Å². The number of rotatable bonds is 7. The van der Waals surface area contributed by atoms with Crippen molar-refractivity contribution >= 4 is 17.5 Å². The zero-order chi connectivity index (χ0) is 15.1. The van der Waals surface area contributed by atoms with Crippen molar-refractivity contribution in [3.8, 4) is 0 Å². The molecule has 0 fully saturated rings. The molecule has 0 atom stereocenters. The highest BCUT2D eigenvalue weighted by Gasteiger charge is 2.12. The van der Waals surface area contributed by atoms with E-state index < -0.39 is 0 Å². The Bertz CT molecular complexity index is 459. The van der Waals surface area contributed by atoms with E-state index in [0.29, 0.717) is 13.0 Å². The Hall–Kier alpha value is -1.85. The van der Waals surface area contributed by atoms with Gasteiger partial charge in [-0.05, 0) is 13.8 Å². The van der Waals surface area contributed by atoms with Crippen LogP contribution in [0.3, 0.4) is 0 Å². The molecule has 1 rings (SSSR count). The molecule has 0 aliphatic carbocycles. The average molecular weight is 279 g/mol. The van der Waals surface area contributed by atoms with E-state index in [1.807, 2.05) is 13.8 Å². The van der Waals surface area contributed by atoms with Gasteiger partial charge in [-0.25, -0.2) is 9.97 Å². The van der Waals surface area contributed by atoms with Crippen molar-refractivity contribution in [1.29, 1.82) is 0 Å². The molecule has 0 radical (unpaired) electrons. The Balaban J connectivity index is 2.89. The lowest BCUT2D eigenvalue weighted by Crippen LogP contribution is -2.21. The highest BCUT2D eigenvalue weighted by atomic mass is 16.1. The summed E-state index contributed by atoms with van der Waals surface area (Å²) in [7, 11) is 1.64. The van der Waals surface area contributed by atoms with Gasteiger partial charge in [-0.2, -0.15) is 0 Å². The van der Waals surface area contributed by atoms with Crippen molar-refractivity contribution in [2.75, 3.05) is 30.8 Å². The van der Waals surface area contributed by atoms with Gasteiger partial charge in [0.15, 0.2) is 0 Å². The minimum atomic E-state index is 0.0141. The smallest absolute Gasteiger partial charge is 0.221 e. The van der Waals surface area contributed by atoms with Gasteiger partial charge in [0.2, 0.25) is 5.91 Å². The first-order valence-electron chi connectivity index (χ1n) is 7.06. The Morgan fingerprint density at radius 1 is 1.20 bits per heavy atom. The monoisotopic (exact) mass is 279 g/mol. The van der Waals surface area contributed by atoms with E-state index in [-0.39, 0.29) is 11.8 Å². The first-order valence-corrected chi connectivity index (χ1v) is 7.06. The number of hydrogen-bond donors (Lipinski definition) is 3. The molecule has 1 aromatic rings. The first kappa shape index (κ1) is 16.2. The molecule has 0 aliphatic heterocycles. The topological polar surface area (TPSA) is 78.9 Å². The number of nitrogens with one attached hydrogen (secondary N) is 3. The summed E-state index contributed by atoms with van der Waals surface area (Å²) in [5.74, 6) is 2.72. The Labute approximate surface area is 120 Å². The number of anilines is 2. The maximum atomic E-state index is 11.2. The Morgan fingerprint density at radius 2 is 1.80 bits per heavy atom. The second-order valence-electron chi connectivity index (χ2n) is 4.94. The summed E-state index contributed by atoms with van der Waals surface area (Å²) in [5.41, 5.74) is 0.980. The van der Waals surface area contributed by atoms with Crippen molar-refractivity contribution in [2.24, 2.45) is 0 Å². The maximum absolute atomic E-state index is 11.2. The largest absolute Gasteiger partial charge is 0.370 e. The van der Waals surface area contributed by atoms with Crippen molar-refractivity contribution in [3.05, 3.63) is 11.4 Å². The molecule has 1 heterocycles. The third-order valence-corrected chi connectivity index (χ3v) is 2.95. The van der Waals surface area contributed by atoms with E-state index in [1.165, 1.54) is 0 Å². The molecule has 0 saturated carbocycles. The molecule has 6 nitrogen and oxygen atoms in total. The predicted molar refractivity (Wildman–Crippen MR) is 82.2 cm³/mol. The molecule has 20 heavy (non-hydrogen) atoms. The number of aromatic nitrogens is 2. The van der Waals surface area contributed by atoms with E-state index in [2.05, 4.69) is 39.8 Å². The first-order chi connectivity index (χ1) is 9.49. The summed E-state index contributed by atoms with van der Waals surface area (Å²) >= 11 is 0. The minimum absolute atomic E-state index is 0.0141. The van der Waals surface area contributed by atoms with E-state index >= 15 is 0 Å². The summed E-state index contributed by atoms with van der Waals surface area (Å²) in [6.45, 7) is 9.51. The predicted octanol–water partition coefficient (Wildman–Crippen LogP) is 1.89. The number of nitrogens with zero attached hydrogens (tertiary/aromatic N) is 2. The van der Waals surface area contributed by atoms with Gasteiger partial charge in [0.25, 0.3) is 0 Å². The van der Waals surface area contributed by atoms with Gasteiger partial charge >= 0.3 is 0 Å². The number of carbonyl (C=O) groups excluding carboxylic acids is 1. The second kappa shape index (κ2) is 7.67. The molecule has 0 saturated heterocycles. The highest BCUT2D eigenvalue weighted by Crippen LogP contribution is 2.22. The van der Waals surface area contributed by atoms with Crippen LogP contribution in [0.2, 0.25) is 0 Å². The lowest BCUT2D eigenvalue weighted by molar-refractivity contribution is -0.120. The average Bonchev–Trinajstić information content (AvgIpc) is 2.42. The molecule has 1 amide bonds. The van der Waals surface area contributed by atoms with Crippen LogP contribution in [0.25, 0.3) is 0 Å². The normalized spacial score (nSPS) is 10.5. The van der Waals surface area contributed by atoms with Crippen LogP contribution in [-0.2, 0) is 4.79 Å². The molecule has 0 aromatic carbocycles. The maximum Gasteiger partial charge on any atom is 0.221 e. The van der Waals surface area contributed by atoms with Gasteiger partial charge in [0.1, 0.15) is 17.5 Å². The molecule has 0 aliphatic rings. The van der Waals surface area contributed by atoms with Gasteiger partial charge in [0, 0.05) is 38.0 Å². The van der Waals surface area contributed by atoms with Crippen molar-refractivity contribution in [1.82, 2.24) is 15.3 Å². The van der Waals surface area contributed by atoms with Crippen LogP contribution in [-0.4, -0.2) is 36.0 Å². The van der Waals surface area contributed by atoms with Crippen molar-refractivity contribution in [3.63, 3.8) is 0 Å². The molecular weight excluding hydrogens is 254 g/mol. The van der Waals surface area contributed by atoms with Crippen LogP contribution < -0.4 is 16.0 Å². The summed E-state index contributed by atoms with van der Waals surface area (Å²) in [6, 6.07) is 0. The lowest BCUT2D eigenvalue weighted by atomic mass is 10.2. The second-order valence-corrected chi connectivity index (χ2v) is 4.94. The zero-order valence-electron chi connectivity index (χ0n) is 13.0. The van der Waals surface area contributed by atoms with Crippen LogP contribution in [0.1, 0.15) is 44.5 Å². The van der Waals surface area contributed by atoms with Crippen molar-refractivity contribution < 1.29 is 4.79 Å². The van der Waals surface area contributed by atoms with Gasteiger partial charge < -0.3 is 16.0 Å². The molecular formula is C14H25N5O. The molecule has 3 N–H and O–H groups in total. The van der Waals surface area contributed by atoms with E-state index in [0.717, 1.165) is 29.6 Å². The summed E-state index contributed by atoms with van der Waals surface area (Å²) in [4.78, 5) is 20.3. The van der Waals surface area contributed by atoms with Crippen molar-refractivity contribution in [2.45, 2.75) is 40.0 Å². The van der Waals surface area contributed by atoms with E-state index in [9.17, 15) is 4.79 Å². The highest BCUT2D eigenvalue weighted by molar-refractivity contribution is 5.76. The van der Waals surface area contributed by atoms with Crippen LogP contribution in [0.4, 0.5) is 11.6 Å². The van der Waals surface area contributed by atoms with Crippen LogP contribution in [0.5, 0.6) is 0 Å². The minimum Gasteiger partial charge on any atom is -0.370 e. The van der Waals surface area contributed by atoms with Gasteiger partial charge in [-0.1, -0.05) is 13.8 Å². The third-order valence-electron chi connectivity index (χ3n) is 2.95. The Kier molecular flexibility index (Phi) is 6.21. The molecule has 1 aromatic heterocycles. The molecule has 0 bridgehead atoms. The third kappa shape index (κ3) is 4.36. The SMILES string of the molecule is CCNc1nc(C(C)C)nc(NCCC(=O)NC)c1C. The summed E-state index contributed by atoms with van der Waals surface area (Å²) in [5, 5.41) is 9.07. The number of carbonyl (C=O) groups is 1. The summed E-state index contributed by atoms with van der Waals surface area (Å²) in [6.07, 6.45) is 0.424. The molecule has 0 unspecified atom stereocenters. The van der Waals surface area contributed by atoms with Gasteiger partial charge in [-0.15, -0.1) is 0 Å². The number of amides is 1. The Morgan fingerprint density at radius 3 is 2.30 bits per heavy atom. The standard InChI is InChI=1S/C14H25N5O/c1-6-16-13-10(4)14(17-8-7-11(20)15-5)19-12(18-13)9(2)3/h9H,6-8H2,1-5H3,(H,15,20)(H2,16,17,18,19). The van der Waals surface area contributed by atoms with Crippen LogP contribution in [0.15, 0.2) is 0 Å². The van der Waals surface area contributed by atoms with E-state index in [4.69, 9.17) is 0 Å². The van der Waals surface area contributed by atoms with Gasteiger partial charge in [0.05, 0.1) is 0 Å². The number of hydrogen-bond acceptors (Lipinski definition) is 5. The fraction of sp³-hybridized carbons (Fsp3) is 0.643. The zero-order valence-corrected chi connectivity index (χ0v) is 13.0. The van der Waals surface area contributed by atoms with Crippen LogP contribution in [0, 0.1) is 6.92 Å². The quantitative estimate of drug-likeness (QED) is 0.710. The fourth-order valence-corrected chi connectivity index (χ4v) is 1.72. The fourth-order valence-electron chi connectivity index (χ4n) is 1.72. The van der Waals surface area contributed by atoms with Gasteiger partial charge in [-0.3, -0.25) is 4.79 Å². The molecule has 112 valence electrons. The van der Waals surface area contributed by atoms with E-state index in [1.54, 1.807) is 7.05 Å². The lowest BCUT2D eigenvalue weighted by Gasteiger charge is -2.15. The molecule has 0 spiro atoms. The molecule has 6 heteroatoms. The summed E-state index contributed by atoms with van der Waals surface area (Å²) < 4.78 is 0.